The monoisotopic (exact) mass is 222 g/mol. The zero-order valence-corrected chi connectivity index (χ0v) is 9.67. The molecule has 0 spiro atoms. The second-order valence-corrected chi connectivity index (χ2v) is 4.58. The normalized spacial score (nSPS) is 11.1. The summed E-state index contributed by atoms with van der Waals surface area (Å²) < 4.78 is 5.28. The molecule has 0 atom stereocenters. The Bertz CT molecular complexity index is 406. The molecule has 0 aliphatic carbocycles. The fourth-order valence-corrected chi connectivity index (χ4v) is 1.96. The Morgan fingerprint density at radius 1 is 1.53 bits per heavy atom. The Balaban J connectivity index is 2.04. The van der Waals surface area contributed by atoms with Crippen molar-refractivity contribution < 1.29 is 4.42 Å². The van der Waals surface area contributed by atoms with E-state index in [0.29, 0.717) is 6.04 Å². The number of aromatic nitrogens is 1. The molecule has 15 heavy (non-hydrogen) atoms. The Hall–Kier alpha value is -1.13. The van der Waals surface area contributed by atoms with Crippen LogP contribution in [0.5, 0.6) is 0 Å². The Labute approximate surface area is 93.2 Å². The summed E-state index contributed by atoms with van der Waals surface area (Å²) in [6.07, 6.45) is 1.67. The maximum absolute atomic E-state index is 5.28. The van der Waals surface area contributed by atoms with E-state index in [0.717, 1.165) is 23.0 Å². The minimum atomic E-state index is 0.487. The summed E-state index contributed by atoms with van der Waals surface area (Å²) in [4.78, 5) is 4.49. The molecule has 0 amide bonds. The molecule has 0 aliphatic heterocycles. The van der Waals surface area contributed by atoms with Crippen LogP contribution in [0.25, 0.3) is 11.5 Å². The predicted octanol–water partition coefficient (Wildman–Crippen LogP) is 2.90. The van der Waals surface area contributed by atoms with Crippen LogP contribution in [-0.4, -0.2) is 11.0 Å². The molecule has 1 N–H and O–H groups in total. The number of thiazole rings is 1. The van der Waals surface area contributed by atoms with Crippen molar-refractivity contribution in [3.8, 4) is 11.5 Å². The largest absolute Gasteiger partial charge is 0.463 e. The van der Waals surface area contributed by atoms with Crippen LogP contribution in [-0.2, 0) is 6.54 Å². The van der Waals surface area contributed by atoms with Crippen molar-refractivity contribution in [3.05, 3.63) is 28.8 Å². The molecule has 2 heterocycles. The summed E-state index contributed by atoms with van der Waals surface area (Å²) in [6, 6.07) is 4.29. The average molecular weight is 222 g/mol. The van der Waals surface area contributed by atoms with E-state index >= 15 is 0 Å². The number of nitrogens with zero attached hydrogens (tertiary/aromatic N) is 1. The number of hydrogen-bond donors (Lipinski definition) is 1. The first-order valence-electron chi connectivity index (χ1n) is 4.97. The molecule has 4 heteroatoms. The lowest BCUT2D eigenvalue weighted by atomic mass is 10.4. The van der Waals surface area contributed by atoms with Gasteiger partial charge >= 0.3 is 0 Å². The molecule has 2 aromatic rings. The molecule has 0 fully saturated rings. The minimum absolute atomic E-state index is 0.487. The van der Waals surface area contributed by atoms with Gasteiger partial charge < -0.3 is 9.73 Å². The molecule has 2 aromatic heterocycles. The third-order valence-corrected chi connectivity index (χ3v) is 2.84. The molecular formula is C11H14N2OS. The van der Waals surface area contributed by atoms with Crippen molar-refractivity contribution in [1.29, 1.82) is 0 Å². The van der Waals surface area contributed by atoms with Gasteiger partial charge in [0.05, 0.1) is 6.26 Å². The van der Waals surface area contributed by atoms with Gasteiger partial charge in [0.25, 0.3) is 0 Å². The topological polar surface area (TPSA) is 38.1 Å². The van der Waals surface area contributed by atoms with Gasteiger partial charge in [0.2, 0.25) is 0 Å². The lowest BCUT2D eigenvalue weighted by Crippen LogP contribution is -2.21. The summed E-state index contributed by atoms with van der Waals surface area (Å²) in [7, 11) is 0. The molecule has 0 aromatic carbocycles. The average Bonchev–Trinajstić information content (AvgIpc) is 2.85. The highest BCUT2D eigenvalue weighted by molar-refractivity contribution is 7.09. The lowest BCUT2D eigenvalue weighted by Gasteiger charge is -2.04. The molecular weight excluding hydrogens is 208 g/mol. The van der Waals surface area contributed by atoms with Crippen LogP contribution in [0.1, 0.15) is 18.9 Å². The Morgan fingerprint density at radius 2 is 2.40 bits per heavy atom. The van der Waals surface area contributed by atoms with Gasteiger partial charge in [-0.15, -0.1) is 11.3 Å². The predicted molar refractivity (Wildman–Crippen MR) is 61.8 cm³/mol. The molecule has 0 saturated heterocycles. The van der Waals surface area contributed by atoms with E-state index in [1.807, 2.05) is 17.5 Å². The van der Waals surface area contributed by atoms with Crippen molar-refractivity contribution in [2.24, 2.45) is 0 Å². The van der Waals surface area contributed by atoms with Gasteiger partial charge in [-0.25, -0.2) is 4.98 Å². The van der Waals surface area contributed by atoms with Crippen molar-refractivity contribution in [2.45, 2.75) is 26.4 Å². The Morgan fingerprint density at radius 3 is 3.07 bits per heavy atom. The van der Waals surface area contributed by atoms with Crippen LogP contribution in [0.3, 0.4) is 0 Å². The first-order valence-corrected chi connectivity index (χ1v) is 5.85. The number of rotatable bonds is 4. The quantitative estimate of drug-likeness (QED) is 0.864. The SMILES string of the molecule is CC(C)NCc1nc(-c2ccco2)cs1. The molecule has 80 valence electrons. The molecule has 0 unspecified atom stereocenters. The molecule has 0 radical (unpaired) electrons. The number of furan rings is 1. The molecule has 0 aliphatic rings. The van der Waals surface area contributed by atoms with Gasteiger partial charge in [-0.3, -0.25) is 0 Å². The summed E-state index contributed by atoms with van der Waals surface area (Å²) >= 11 is 1.66. The van der Waals surface area contributed by atoms with Crippen molar-refractivity contribution in [1.82, 2.24) is 10.3 Å². The third kappa shape index (κ3) is 2.67. The van der Waals surface area contributed by atoms with Crippen molar-refractivity contribution in [2.75, 3.05) is 0 Å². The van der Waals surface area contributed by atoms with Gasteiger partial charge in [0, 0.05) is 18.0 Å². The smallest absolute Gasteiger partial charge is 0.153 e. The Kier molecular flexibility index (Phi) is 3.18. The molecule has 3 nitrogen and oxygen atoms in total. The summed E-state index contributed by atoms with van der Waals surface area (Å²) in [5.41, 5.74) is 0.922. The van der Waals surface area contributed by atoms with Crippen LogP contribution >= 0.6 is 11.3 Å². The second-order valence-electron chi connectivity index (χ2n) is 3.64. The highest BCUT2D eigenvalue weighted by atomic mass is 32.1. The molecule has 0 bridgehead atoms. The van der Waals surface area contributed by atoms with Gasteiger partial charge in [0.1, 0.15) is 10.7 Å². The van der Waals surface area contributed by atoms with Gasteiger partial charge in [-0.1, -0.05) is 13.8 Å². The van der Waals surface area contributed by atoms with E-state index in [1.165, 1.54) is 0 Å². The lowest BCUT2D eigenvalue weighted by molar-refractivity contribution is 0.577. The van der Waals surface area contributed by atoms with E-state index in [4.69, 9.17) is 4.42 Å². The van der Waals surface area contributed by atoms with Gasteiger partial charge in [-0.05, 0) is 12.1 Å². The van der Waals surface area contributed by atoms with Crippen LogP contribution < -0.4 is 5.32 Å². The maximum atomic E-state index is 5.28. The standard InChI is InChI=1S/C11H14N2OS/c1-8(2)12-6-11-13-9(7-15-11)10-4-3-5-14-10/h3-5,7-8,12H,6H2,1-2H3. The van der Waals surface area contributed by atoms with Crippen molar-refractivity contribution >= 4 is 11.3 Å². The summed E-state index contributed by atoms with van der Waals surface area (Å²) in [5, 5.41) is 6.45. The number of hydrogen-bond acceptors (Lipinski definition) is 4. The first kappa shape index (κ1) is 10.4. The van der Waals surface area contributed by atoms with Crippen LogP contribution in [0, 0.1) is 0 Å². The van der Waals surface area contributed by atoms with Crippen LogP contribution in [0.2, 0.25) is 0 Å². The zero-order chi connectivity index (χ0) is 10.7. The molecule has 0 saturated carbocycles. The highest BCUT2D eigenvalue weighted by Gasteiger charge is 2.06. The van der Waals surface area contributed by atoms with E-state index in [2.05, 4.69) is 24.1 Å². The van der Waals surface area contributed by atoms with E-state index in [1.54, 1.807) is 17.6 Å². The van der Waals surface area contributed by atoms with Crippen LogP contribution in [0.15, 0.2) is 28.2 Å². The van der Waals surface area contributed by atoms with Gasteiger partial charge in [-0.2, -0.15) is 0 Å². The third-order valence-electron chi connectivity index (χ3n) is 1.99. The summed E-state index contributed by atoms with van der Waals surface area (Å²) in [5.74, 6) is 0.835. The number of nitrogens with one attached hydrogen (secondary N) is 1. The van der Waals surface area contributed by atoms with Gasteiger partial charge in [0.15, 0.2) is 5.76 Å². The highest BCUT2D eigenvalue weighted by Crippen LogP contribution is 2.21. The van der Waals surface area contributed by atoms with Crippen LogP contribution in [0.4, 0.5) is 0 Å². The van der Waals surface area contributed by atoms with Crippen molar-refractivity contribution in [3.63, 3.8) is 0 Å². The molecule has 2 rings (SSSR count). The van der Waals surface area contributed by atoms with E-state index in [9.17, 15) is 0 Å². The van der Waals surface area contributed by atoms with E-state index < -0.39 is 0 Å². The minimum Gasteiger partial charge on any atom is -0.463 e. The second kappa shape index (κ2) is 4.59. The first-order chi connectivity index (χ1) is 7.25. The fourth-order valence-electron chi connectivity index (χ4n) is 1.22. The fraction of sp³-hybridized carbons (Fsp3) is 0.364. The maximum Gasteiger partial charge on any atom is 0.153 e. The summed E-state index contributed by atoms with van der Waals surface area (Å²) in [6.45, 7) is 5.07. The van der Waals surface area contributed by atoms with E-state index in [-0.39, 0.29) is 0 Å². The zero-order valence-electron chi connectivity index (χ0n) is 8.86.